The molecule has 0 radical (unpaired) electrons. The average Bonchev–Trinajstić information content (AvgIpc) is 2.69. The van der Waals surface area contributed by atoms with Crippen molar-refractivity contribution >= 4 is 22.2 Å². The maximum Gasteiger partial charge on any atom is 0.416 e. The van der Waals surface area contributed by atoms with E-state index in [4.69, 9.17) is 0 Å². The molecule has 2 rings (SSSR count). The normalized spacial score (nSPS) is 11.6. The van der Waals surface area contributed by atoms with Crippen LogP contribution in [0.1, 0.15) is 15.9 Å². The molecule has 0 saturated heterocycles. The molecule has 1 heterocycles. The zero-order valence-corrected chi connectivity index (χ0v) is 10.4. The van der Waals surface area contributed by atoms with E-state index < -0.39 is 11.7 Å². The van der Waals surface area contributed by atoms with Gasteiger partial charge in [-0.1, -0.05) is 0 Å². The van der Waals surface area contributed by atoms with Crippen molar-refractivity contribution in [3.63, 3.8) is 0 Å². The summed E-state index contributed by atoms with van der Waals surface area (Å²) in [6.45, 7) is 0. The third-order valence-electron chi connectivity index (χ3n) is 2.30. The zero-order chi connectivity index (χ0) is 13.3. The molecule has 0 unspecified atom stereocenters. The van der Waals surface area contributed by atoms with Crippen molar-refractivity contribution in [1.29, 1.82) is 0 Å². The van der Waals surface area contributed by atoms with Gasteiger partial charge in [-0.2, -0.15) is 18.3 Å². The van der Waals surface area contributed by atoms with Gasteiger partial charge in [0.2, 0.25) is 0 Å². The first-order valence-corrected chi connectivity index (χ1v) is 5.59. The Hall–Kier alpha value is -1.63. The van der Waals surface area contributed by atoms with E-state index in [9.17, 15) is 18.0 Å². The molecule has 2 aromatic rings. The maximum atomic E-state index is 12.4. The molecule has 94 valence electrons. The minimum atomic E-state index is -4.37. The molecule has 0 spiro atoms. The van der Waals surface area contributed by atoms with Crippen LogP contribution in [-0.2, 0) is 6.18 Å². The van der Waals surface area contributed by atoms with Gasteiger partial charge in [-0.15, -0.1) is 0 Å². The molecule has 7 heteroatoms. The Morgan fingerprint density at radius 2 is 1.83 bits per heavy atom. The van der Waals surface area contributed by atoms with Crippen LogP contribution in [0.2, 0.25) is 0 Å². The second kappa shape index (κ2) is 4.56. The molecule has 0 amide bonds. The summed E-state index contributed by atoms with van der Waals surface area (Å²) in [5.74, 6) is 0. The summed E-state index contributed by atoms with van der Waals surface area (Å²) in [7, 11) is 0. The standard InChI is InChI=1S/C11H6BrF3N2O/c12-10-7(6-18)5-16-17(10)9-3-1-8(2-4-9)11(13,14)15/h1-6H. The Morgan fingerprint density at radius 1 is 1.22 bits per heavy atom. The van der Waals surface area contributed by atoms with E-state index in [1.807, 2.05) is 0 Å². The summed E-state index contributed by atoms with van der Waals surface area (Å²) in [6.07, 6.45) is -2.43. The van der Waals surface area contributed by atoms with Gasteiger partial charge in [0, 0.05) is 0 Å². The minimum Gasteiger partial charge on any atom is -0.298 e. The number of aldehydes is 1. The van der Waals surface area contributed by atoms with Crippen molar-refractivity contribution in [1.82, 2.24) is 9.78 Å². The molecule has 18 heavy (non-hydrogen) atoms. The number of alkyl halides is 3. The Balaban J connectivity index is 2.40. The van der Waals surface area contributed by atoms with Gasteiger partial charge >= 0.3 is 6.18 Å². The lowest BCUT2D eigenvalue weighted by molar-refractivity contribution is -0.137. The van der Waals surface area contributed by atoms with Gasteiger partial charge in [-0.05, 0) is 40.2 Å². The highest BCUT2D eigenvalue weighted by Gasteiger charge is 2.30. The van der Waals surface area contributed by atoms with Crippen molar-refractivity contribution in [2.24, 2.45) is 0 Å². The van der Waals surface area contributed by atoms with Crippen LogP contribution in [0.4, 0.5) is 13.2 Å². The van der Waals surface area contributed by atoms with Gasteiger partial charge in [0.25, 0.3) is 0 Å². The van der Waals surface area contributed by atoms with Crippen molar-refractivity contribution in [2.45, 2.75) is 6.18 Å². The van der Waals surface area contributed by atoms with E-state index in [2.05, 4.69) is 21.0 Å². The molecule has 0 saturated carbocycles. The molecular formula is C11H6BrF3N2O. The van der Waals surface area contributed by atoms with E-state index >= 15 is 0 Å². The largest absolute Gasteiger partial charge is 0.416 e. The molecule has 1 aromatic carbocycles. The van der Waals surface area contributed by atoms with Gasteiger partial charge in [0.1, 0.15) is 4.60 Å². The van der Waals surface area contributed by atoms with Crippen molar-refractivity contribution < 1.29 is 18.0 Å². The highest BCUT2D eigenvalue weighted by molar-refractivity contribution is 9.10. The van der Waals surface area contributed by atoms with E-state index in [-0.39, 0.29) is 0 Å². The molecule has 0 N–H and O–H groups in total. The first kappa shape index (κ1) is 12.8. The summed E-state index contributed by atoms with van der Waals surface area (Å²) in [6, 6.07) is 4.50. The van der Waals surface area contributed by atoms with Crippen molar-refractivity contribution in [2.75, 3.05) is 0 Å². The maximum absolute atomic E-state index is 12.4. The van der Waals surface area contributed by atoms with Crippen LogP contribution in [0, 0.1) is 0 Å². The second-order valence-electron chi connectivity index (χ2n) is 3.47. The number of halogens is 4. The molecular weight excluding hydrogens is 313 g/mol. The molecule has 3 nitrogen and oxygen atoms in total. The monoisotopic (exact) mass is 318 g/mol. The highest BCUT2D eigenvalue weighted by atomic mass is 79.9. The summed E-state index contributed by atoms with van der Waals surface area (Å²) < 4.78 is 38.9. The lowest BCUT2D eigenvalue weighted by atomic mass is 10.2. The van der Waals surface area contributed by atoms with E-state index in [1.54, 1.807) is 0 Å². The predicted octanol–water partition coefficient (Wildman–Crippen LogP) is 3.47. The van der Waals surface area contributed by atoms with E-state index in [0.29, 0.717) is 22.1 Å². The van der Waals surface area contributed by atoms with Crippen molar-refractivity contribution in [3.8, 4) is 5.69 Å². The smallest absolute Gasteiger partial charge is 0.298 e. The molecule has 0 atom stereocenters. The van der Waals surface area contributed by atoms with Crippen LogP contribution in [-0.4, -0.2) is 16.1 Å². The third-order valence-corrected chi connectivity index (χ3v) is 3.10. The molecule has 1 aromatic heterocycles. The number of rotatable bonds is 2. The fourth-order valence-electron chi connectivity index (χ4n) is 1.40. The topological polar surface area (TPSA) is 34.9 Å². The van der Waals surface area contributed by atoms with Gasteiger partial charge in [-0.25, -0.2) is 4.68 Å². The third kappa shape index (κ3) is 2.31. The fraction of sp³-hybridized carbons (Fsp3) is 0.0909. The molecule has 0 fully saturated rings. The lowest BCUT2D eigenvalue weighted by Crippen LogP contribution is -2.05. The van der Waals surface area contributed by atoms with Crippen LogP contribution in [0.5, 0.6) is 0 Å². The van der Waals surface area contributed by atoms with Crippen molar-refractivity contribution in [3.05, 3.63) is 46.2 Å². The summed E-state index contributed by atoms with van der Waals surface area (Å²) in [4.78, 5) is 10.6. The number of carbonyl (C=O) groups is 1. The number of benzene rings is 1. The van der Waals surface area contributed by atoms with Gasteiger partial charge in [-0.3, -0.25) is 4.79 Å². The number of aromatic nitrogens is 2. The second-order valence-corrected chi connectivity index (χ2v) is 4.22. The Labute approximate surface area is 108 Å². The quantitative estimate of drug-likeness (QED) is 0.795. The Morgan fingerprint density at radius 3 is 2.28 bits per heavy atom. The van der Waals surface area contributed by atoms with Gasteiger partial charge in [0.15, 0.2) is 6.29 Å². The van der Waals surface area contributed by atoms with Crippen LogP contribution in [0.3, 0.4) is 0 Å². The first-order chi connectivity index (χ1) is 8.43. The van der Waals surface area contributed by atoms with E-state index in [1.165, 1.54) is 23.0 Å². The summed E-state index contributed by atoms with van der Waals surface area (Å²) in [5.41, 5.74) is 0.0306. The molecule has 0 aliphatic rings. The summed E-state index contributed by atoms with van der Waals surface area (Å²) in [5, 5.41) is 3.91. The Kier molecular flexibility index (Phi) is 3.25. The highest BCUT2D eigenvalue weighted by Crippen LogP contribution is 2.30. The van der Waals surface area contributed by atoms with Gasteiger partial charge < -0.3 is 0 Å². The van der Waals surface area contributed by atoms with Gasteiger partial charge in [0.05, 0.1) is 23.0 Å². The number of carbonyl (C=O) groups excluding carboxylic acids is 1. The molecule has 0 aliphatic heterocycles. The van der Waals surface area contributed by atoms with Crippen LogP contribution >= 0.6 is 15.9 Å². The predicted molar refractivity (Wildman–Crippen MR) is 61.7 cm³/mol. The lowest BCUT2D eigenvalue weighted by Gasteiger charge is -2.08. The fourth-order valence-corrected chi connectivity index (χ4v) is 1.89. The van der Waals surface area contributed by atoms with Crippen LogP contribution < -0.4 is 0 Å². The SMILES string of the molecule is O=Cc1cnn(-c2ccc(C(F)(F)F)cc2)c1Br. The number of hydrogen-bond acceptors (Lipinski definition) is 2. The zero-order valence-electron chi connectivity index (χ0n) is 8.78. The number of nitrogens with zero attached hydrogens (tertiary/aromatic N) is 2. The molecule has 0 aliphatic carbocycles. The van der Waals surface area contributed by atoms with Crippen LogP contribution in [0.15, 0.2) is 35.1 Å². The molecule has 0 bridgehead atoms. The number of hydrogen-bond donors (Lipinski definition) is 0. The van der Waals surface area contributed by atoms with Crippen LogP contribution in [0.25, 0.3) is 5.69 Å². The summed E-state index contributed by atoms with van der Waals surface area (Å²) >= 11 is 3.15. The first-order valence-electron chi connectivity index (χ1n) is 4.80. The van der Waals surface area contributed by atoms with E-state index in [0.717, 1.165) is 12.1 Å². The Bertz CT molecular complexity index is 575. The average molecular weight is 319 g/mol. The minimum absolute atomic E-state index is 0.329.